The minimum absolute atomic E-state index is 0. The van der Waals surface area contributed by atoms with Crippen LogP contribution in [-0.4, -0.2) is 87.2 Å². The molecule has 3 rings (SSSR count). The number of carbonyl (C=O) groups is 1. The Morgan fingerprint density at radius 1 is 1.48 bits per heavy atom. The summed E-state index contributed by atoms with van der Waals surface area (Å²) in [6, 6.07) is 0.483. The minimum atomic E-state index is 0. The zero-order chi connectivity index (χ0) is 17.0. The number of piperidine rings is 1. The number of rotatable bonds is 3. The van der Waals surface area contributed by atoms with Gasteiger partial charge in [-0.2, -0.15) is 0 Å². The highest BCUT2D eigenvalue weighted by molar-refractivity contribution is 14.0. The maximum absolute atomic E-state index is 11.6. The largest absolute Gasteiger partial charge is 0.379 e. The van der Waals surface area contributed by atoms with Crippen LogP contribution in [0.25, 0.3) is 0 Å². The Morgan fingerprint density at radius 3 is 3.00 bits per heavy atom. The minimum Gasteiger partial charge on any atom is -0.379 e. The molecule has 0 radical (unpaired) electrons. The van der Waals surface area contributed by atoms with Crippen molar-refractivity contribution in [3.63, 3.8) is 0 Å². The zero-order valence-electron chi connectivity index (χ0n) is 15.4. The molecule has 144 valence electrons. The van der Waals surface area contributed by atoms with Crippen molar-refractivity contribution in [2.75, 3.05) is 59.5 Å². The number of likely N-dealkylation sites (tertiary alicyclic amines) is 1. The summed E-state index contributed by atoms with van der Waals surface area (Å²) in [5.74, 6) is 1.16. The van der Waals surface area contributed by atoms with Gasteiger partial charge >= 0.3 is 0 Å². The molecule has 0 aromatic heterocycles. The van der Waals surface area contributed by atoms with E-state index in [1.807, 2.05) is 7.05 Å². The van der Waals surface area contributed by atoms with Crippen LogP contribution in [0.3, 0.4) is 0 Å². The number of halogens is 1. The van der Waals surface area contributed by atoms with Gasteiger partial charge in [-0.15, -0.1) is 24.0 Å². The first kappa shape index (κ1) is 20.7. The molecule has 2 unspecified atom stereocenters. The molecule has 3 heterocycles. The molecule has 3 saturated heterocycles. The first-order valence-electron chi connectivity index (χ1n) is 9.16. The van der Waals surface area contributed by atoms with Gasteiger partial charge in [0.15, 0.2) is 5.96 Å². The van der Waals surface area contributed by atoms with Crippen LogP contribution in [0.5, 0.6) is 0 Å². The maximum atomic E-state index is 11.6. The van der Waals surface area contributed by atoms with Crippen molar-refractivity contribution in [1.29, 1.82) is 0 Å². The molecule has 1 spiro atoms. The number of nitrogens with zero attached hydrogens (tertiary/aromatic N) is 3. The molecule has 0 aliphatic carbocycles. The summed E-state index contributed by atoms with van der Waals surface area (Å²) >= 11 is 0. The molecule has 3 aliphatic heterocycles. The summed E-state index contributed by atoms with van der Waals surface area (Å²) in [7, 11) is 1.85. The fraction of sp³-hybridized carbons (Fsp3) is 0.882. The lowest BCUT2D eigenvalue weighted by molar-refractivity contribution is -0.119. The predicted octanol–water partition coefficient (Wildman–Crippen LogP) is 0.503. The average Bonchev–Trinajstić information content (AvgIpc) is 2.93. The number of morpholine rings is 1. The smallest absolute Gasteiger partial charge is 0.220 e. The molecule has 8 heteroatoms. The van der Waals surface area contributed by atoms with E-state index < -0.39 is 0 Å². The third-order valence-corrected chi connectivity index (χ3v) is 5.56. The summed E-state index contributed by atoms with van der Waals surface area (Å²) < 4.78 is 5.49. The van der Waals surface area contributed by atoms with E-state index in [-0.39, 0.29) is 35.3 Å². The molecule has 0 bridgehead atoms. The van der Waals surface area contributed by atoms with Gasteiger partial charge in [-0.3, -0.25) is 14.7 Å². The Labute approximate surface area is 167 Å². The average molecular weight is 465 g/mol. The number of guanidine groups is 1. The molecule has 3 fully saturated rings. The molecule has 0 aromatic carbocycles. The van der Waals surface area contributed by atoms with Crippen molar-refractivity contribution in [2.45, 2.75) is 32.2 Å². The fourth-order valence-corrected chi connectivity index (χ4v) is 4.17. The Bertz CT molecular complexity index is 490. The molecule has 2 atom stereocenters. The van der Waals surface area contributed by atoms with E-state index in [0.717, 1.165) is 71.3 Å². The van der Waals surface area contributed by atoms with Gasteiger partial charge in [0.1, 0.15) is 0 Å². The van der Waals surface area contributed by atoms with Crippen molar-refractivity contribution in [1.82, 2.24) is 20.4 Å². The van der Waals surface area contributed by atoms with Crippen LogP contribution in [0.1, 0.15) is 26.2 Å². The molecular formula is C17H32IN5O2. The van der Waals surface area contributed by atoms with Gasteiger partial charge in [0.2, 0.25) is 5.91 Å². The van der Waals surface area contributed by atoms with Crippen LogP contribution < -0.4 is 10.6 Å². The topological polar surface area (TPSA) is 69.2 Å². The zero-order valence-corrected chi connectivity index (χ0v) is 17.8. The third-order valence-electron chi connectivity index (χ3n) is 5.56. The first-order chi connectivity index (χ1) is 11.6. The predicted molar refractivity (Wildman–Crippen MR) is 109 cm³/mol. The van der Waals surface area contributed by atoms with Crippen LogP contribution in [-0.2, 0) is 9.53 Å². The Hall–Kier alpha value is -0.610. The van der Waals surface area contributed by atoms with Crippen molar-refractivity contribution in [2.24, 2.45) is 10.4 Å². The number of hydrogen-bond acceptors (Lipinski definition) is 4. The Kier molecular flexibility index (Phi) is 7.75. The summed E-state index contributed by atoms with van der Waals surface area (Å²) in [5.41, 5.74) is 0.103. The van der Waals surface area contributed by atoms with Gasteiger partial charge in [-0.25, -0.2) is 0 Å². The van der Waals surface area contributed by atoms with Crippen LogP contribution in [0, 0.1) is 5.41 Å². The van der Waals surface area contributed by atoms with Crippen molar-refractivity contribution in [3.8, 4) is 0 Å². The summed E-state index contributed by atoms with van der Waals surface area (Å²) in [6.07, 6.45) is 2.91. The fourth-order valence-electron chi connectivity index (χ4n) is 4.17. The lowest BCUT2D eigenvalue weighted by Gasteiger charge is -2.41. The second-order valence-corrected chi connectivity index (χ2v) is 7.41. The SMILES string of the molecule is CN=C(NCCN1CCOCC1C)N1CCCC2(CNC(=O)C2)C1.I. The molecule has 0 aromatic rings. The van der Waals surface area contributed by atoms with Crippen LogP contribution in [0.2, 0.25) is 0 Å². The lowest BCUT2D eigenvalue weighted by Crippen LogP contribution is -2.53. The van der Waals surface area contributed by atoms with Gasteiger partial charge < -0.3 is 20.3 Å². The monoisotopic (exact) mass is 465 g/mol. The second-order valence-electron chi connectivity index (χ2n) is 7.41. The van der Waals surface area contributed by atoms with Crippen LogP contribution >= 0.6 is 24.0 Å². The molecule has 1 amide bonds. The third kappa shape index (κ3) is 5.19. The van der Waals surface area contributed by atoms with E-state index in [0.29, 0.717) is 12.5 Å². The number of nitrogens with one attached hydrogen (secondary N) is 2. The number of hydrogen-bond donors (Lipinski definition) is 2. The Balaban J connectivity index is 0.00000225. The van der Waals surface area contributed by atoms with Crippen molar-refractivity contribution < 1.29 is 9.53 Å². The summed E-state index contributed by atoms with van der Waals surface area (Å²) in [5, 5.41) is 6.52. The summed E-state index contributed by atoms with van der Waals surface area (Å²) in [6.45, 7) is 9.50. The lowest BCUT2D eigenvalue weighted by atomic mass is 9.79. The maximum Gasteiger partial charge on any atom is 0.220 e. The molecular weight excluding hydrogens is 433 g/mol. The highest BCUT2D eigenvalue weighted by atomic mass is 127. The second kappa shape index (κ2) is 9.36. The van der Waals surface area contributed by atoms with E-state index in [9.17, 15) is 4.79 Å². The molecule has 7 nitrogen and oxygen atoms in total. The molecule has 0 saturated carbocycles. The van der Waals surface area contributed by atoms with E-state index >= 15 is 0 Å². The normalized spacial score (nSPS) is 31.0. The quantitative estimate of drug-likeness (QED) is 0.361. The van der Waals surface area contributed by atoms with E-state index in [1.54, 1.807) is 0 Å². The van der Waals surface area contributed by atoms with Gasteiger partial charge in [0, 0.05) is 64.2 Å². The Morgan fingerprint density at radius 2 is 2.32 bits per heavy atom. The highest BCUT2D eigenvalue weighted by Gasteiger charge is 2.42. The van der Waals surface area contributed by atoms with Gasteiger partial charge in [-0.1, -0.05) is 0 Å². The molecule has 2 N–H and O–H groups in total. The van der Waals surface area contributed by atoms with Crippen molar-refractivity contribution in [3.05, 3.63) is 0 Å². The molecule has 25 heavy (non-hydrogen) atoms. The first-order valence-corrected chi connectivity index (χ1v) is 9.16. The number of amides is 1. The van der Waals surface area contributed by atoms with Crippen LogP contribution in [0.4, 0.5) is 0 Å². The number of carbonyl (C=O) groups excluding carboxylic acids is 1. The van der Waals surface area contributed by atoms with E-state index in [1.165, 1.54) is 0 Å². The number of ether oxygens (including phenoxy) is 1. The molecule has 3 aliphatic rings. The van der Waals surface area contributed by atoms with E-state index in [2.05, 4.69) is 32.3 Å². The van der Waals surface area contributed by atoms with Crippen LogP contribution in [0.15, 0.2) is 4.99 Å². The standard InChI is InChI=1S/C17H31N5O2.HI/c1-14-11-24-9-8-21(14)7-5-19-16(18-2)22-6-3-4-17(13-22)10-15(23)20-12-17;/h14H,3-13H2,1-2H3,(H,18,19)(H,20,23);1H. The van der Waals surface area contributed by atoms with E-state index in [4.69, 9.17) is 4.74 Å². The number of aliphatic imine (C=N–C) groups is 1. The highest BCUT2D eigenvalue weighted by Crippen LogP contribution is 2.35. The van der Waals surface area contributed by atoms with Crippen molar-refractivity contribution >= 4 is 35.8 Å². The van der Waals surface area contributed by atoms with Gasteiger partial charge in [0.25, 0.3) is 0 Å². The van der Waals surface area contributed by atoms with Gasteiger partial charge in [-0.05, 0) is 19.8 Å². The summed E-state index contributed by atoms with van der Waals surface area (Å²) in [4.78, 5) is 20.9. The van der Waals surface area contributed by atoms with Gasteiger partial charge in [0.05, 0.1) is 13.2 Å².